The van der Waals surface area contributed by atoms with Gasteiger partial charge in [0.1, 0.15) is 11.5 Å². The Kier molecular flexibility index (Phi) is 5.11. The molecule has 2 aliphatic carbocycles. The minimum atomic E-state index is -0.756. The smallest absolute Gasteiger partial charge is 0.306 e. The Morgan fingerprint density at radius 2 is 1.61 bits per heavy atom. The van der Waals surface area contributed by atoms with Crippen molar-refractivity contribution in [2.24, 2.45) is 23.7 Å². The number of carbonyl (C=O) groups is 3. The normalized spacial score (nSPS) is 26.1. The van der Waals surface area contributed by atoms with Crippen LogP contribution in [0.15, 0.2) is 40.9 Å². The number of nitrogens with zero attached hydrogens (tertiary/aromatic N) is 1. The molecule has 0 spiro atoms. The molecule has 0 radical (unpaired) electrons. The fourth-order valence-corrected chi connectivity index (χ4v) is 4.23. The number of carbonyl (C=O) groups excluding carboxylic acids is 2. The number of carboxylic acids is 1. The van der Waals surface area contributed by atoms with Crippen molar-refractivity contribution in [3.63, 3.8) is 0 Å². The van der Waals surface area contributed by atoms with Crippen LogP contribution in [0.1, 0.15) is 49.1 Å². The van der Waals surface area contributed by atoms with Crippen LogP contribution in [0, 0.1) is 23.7 Å². The standard InChI is InChI=1S/C22H23NO5/c24-19(10-14-8-17(9-14)22(26)27)16-6-13(7-16)11-20(25)21-12-18(23-28-21)15-4-2-1-3-5-15/h1-5,12-14,16-17H,6-11H2,(H,26,27). The summed E-state index contributed by atoms with van der Waals surface area (Å²) in [5, 5.41) is 12.9. The van der Waals surface area contributed by atoms with Crippen LogP contribution in [0.5, 0.6) is 0 Å². The summed E-state index contributed by atoms with van der Waals surface area (Å²) in [6, 6.07) is 11.2. The molecular weight excluding hydrogens is 358 g/mol. The van der Waals surface area contributed by atoms with E-state index in [-0.39, 0.29) is 41.0 Å². The number of hydrogen-bond donors (Lipinski definition) is 1. The molecule has 2 saturated carbocycles. The van der Waals surface area contributed by atoms with E-state index in [9.17, 15) is 14.4 Å². The van der Waals surface area contributed by atoms with E-state index in [1.807, 2.05) is 30.3 Å². The molecule has 2 aromatic rings. The number of ketones is 2. The lowest BCUT2D eigenvalue weighted by Crippen LogP contribution is -2.36. The zero-order chi connectivity index (χ0) is 19.7. The first-order valence-corrected chi connectivity index (χ1v) is 9.80. The Morgan fingerprint density at radius 1 is 0.964 bits per heavy atom. The highest BCUT2D eigenvalue weighted by molar-refractivity contribution is 5.94. The minimum Gasteiger partial charge on any atom is -0.481 e. The molecule has 4 rings (SSSR count). The minimum absolute atomic E-state index is 0.0243. The van der Waals surface area contributed by atoms with E-state index in [0.29, 0.717) is 31.4 Å². The van der Waals surface area contributed by atoms with Gasteiger partial charge in [-0.2, -0.15) is 0 Å². The van der Waals surface area contributed by atoms with E-state index in [1.165, 1.54) is 0 Å². The zero-order valence-electron chi connectivity index (χ0n) is 15.5. The number of aromatic nitrogens is 1. The first-order valence-electron chi connectivity index (χ1n) is 9.80. The second-order valence-corrected chi connectivity index (χ2v) is 8.15. The van der Waals surface area contributed by atoms with Crippen molar-refractivity contribution in [2.45, 2.75) is 38.5 Å². The van der Waals surface area contributed by atoms with Gasteiger partial charge in [-0.05, 0) is 37.5 Å². The van der Waals surface area contributed by atoms with Crippen LogP contribution in [0.2, 0.25) is 0 Å². The molecule has 0 atom stereocenters. The van der Waals surface area contributed by atoms with E-state index in [0.717, 1.165) is 18.4 Å². The third-order valence-corrected chi connectivity index (χ3v) is 6.09. The second-order valence-electron chi connectivity index (χ2n) is 8.15. The van der Waals surface area contributed by atoms with Crippen LogP contribution < -0.4 is 0 Å². The van der Waals surface area contributed by atoms with Gasteiger partial charge in [0.15, 0.2) is 0 Å². The number of carboxylic acid groups (broad SMARTS) is 1. The van der Waals surface area contributed by atoms with E-state index in [2.05, 4.69) is 5.16 Å². The summed E-state index contributed by atoms with van der Waals surface area (Å²) < 4.78 is 5.21. The SMILES string of the molecule is O=C(CC1CC(C(=O)CC2CC(C(=O)O)C2)C1)c1cc(-c2ccccc2)no1. The highest BCUT2D eigenvalue weighted by Gasteiger charge is 2.40. The molecule has 1 N–H and O–H groups in total. The molecule has 28 heavy (non-hydrogen) atoms. The Labute approximate surface area is 162 Å². The van der Waals surface area contributed by atoms with Crippen molar-refractivity contribution in [3.8, 4) is 11.3 Å². The van der Waals surface area contributed by atoms with Crippen molar-refractivity contribution < 1.29 is 24.0 Å². The molecular formula is C22H23NO5. The summed E-state index contributed by atoms with van der Waals surface area (Å²) in [6.45, 7) is 0. The first kappa shape index (κ1) is 18.6. The Balaban J connectivity index is 1.22. The molecule has 6 heteroatoms. The fourth-order valence-electron chi connectivity index (χ4n) is 4.23. The van der Waals surface area contributed by atoms with Gasteiger partial charge in [-0.15, -0.1) is 0 Å². The third kappa shape index (κ3) is 3.91. The molecule has 6 nitrogen and oxygen atoms in total. The van der Waals surface area contributed by atoms with Crippen LogP contribution in [-0.2, 0) is 9.59 Å². The summed E-state index contributed by atoms with van der Waals surface area (Å²) >= 11 is 0. The molecule has 146 valence electrons. The summed E-state index contributed by atoms with van der Waals surface area (Å²) in [6.07, 6.45) is 3.56. The highest BCUT2D eigenvalue weighted by atomic mass is 16.5. The topological polar surface area (TPSA) is 97.5 Å². The van der Waals surface area contributed by atoms with Crippen LogP contribution in [-0.4, -0.2) is 27.8 Å². The predicted octanol–water partition coefficient (Wildman–Crippen LogP) is 4.01. The van der Waals surface area contributed by atoms with Gasteiger partial charge in [0.2, 0.25) is 11.5 Å². The van der Waals surface area contributed by atoms with Gasteiger partial charge < -0.3 is 9.63 Å². The van der Waals surface area contributed by atoms with Gasteiger partial charge >= 0.3 is 5.97 Å². The summed E-state index contributed by atoms with van der Waals surface area (Å²) in [5.41, 5.74) is 1.55. The van der Waals surface area contributed by atoms with Crippen LogP contribution >= 0.6 is 0 Å². The van der Waals surface area contributed by atoms with Crippen LogP contribution in [0.25, 0.3) is 11.3 Å². The molecule has 2 fully saturated rings. The third-order valence-electron chi connectivity index (χ3n) is 6.09. The Morgan fingerprint density at radius 3 is 2.29 bits per heavy atom. The lowest BCUT2D eigenvalue weighted by Gasteiger charge is -2.37. The number of aliphatic carboxylic acids is 1. The van der Waals surface area contributed by atoms with Crippen LogP contribution in [0.3, 0.4) is 0 Å². The fraction of sp³-hybridized carbons (Fsp3) is 0.455. The van der Waals surface area contributed by atoms with Gasteiger partial charge in [-0.25, -0.2) is 0 Å². The maximum Gasteiger partial charge on any atom is 0.306 e. The quantitative estimate of drug-likeness (QED) is 0.694. The van der Waals surface area contributed by atoms with Crippen molar-refractivity contribution in [3.05, 3.63) is 42.2 Å². The van der Waals surface area contributed by atoms with Gasteiger partial charge in [0.25, 0.3) is 0 Å². The van der Waals surface area contributed by atoms with Crippen molar-refractivity contribution in [2.75, 3.05) is 0 Å². The lowest BCUT2D eigenvalue weighted by molar-refractivity contribution is -0.147. The Hall–Kier alpha value is -2.76. The molecule has 0 aliphatic heterocycles. The molecule has 1 heterocycles. The van der Waals surface area contributed by atoms with E-state index in [1.54, 1.807) is 6.07 Å². The molecule has 0 saturated heterocycles. The second kappa shape index (κ2) is 7.70. The summed E-state index contributed by atoms with van der Waals surface area (Å²) in [4.78, 5) is 35.6. The van der Waals surface area contributed by atoms with Gasteiger partial charge in [-0.1, -0.05) is 35.5 Å². The zero-order valence-corrected chi connectivity index (χ0v) is 15.5. The number of hydrogen-bond acceptors (Lipinski definition) is 5. The van der Waals surface area contributed by atoms with Gasteiger partial charge in [0.05, 0.1) is 5.92 Å². The number of Topliss-reactive ketones (excluding diaryl/α,β-unsaturated/α-hetero) is 2. The molecule has 1 aromatic heterocycles. The largest absolute Gasteiger partial charge is 0.481 e. The number of benzene rings is 1. The maximum absolute atomic E-state index is 12.4. The predicted molar refractivity (Wildman–Crippen MR) is 101 cm³/mol. The Bertz CT molecular complexity index is 875. The highest BCUT2D eigenvalue weighted by Crippen LogP contribution is 2.42. The molecule has 0 unspecified atom stereocenters. The van der Waals surface area contributed by atoms with E-state index >= 15 is 0 Å². The molecule has 1 aromatic carbocycles. The van der Waals surface area contributed by atoms with Crippen molar-refractivity contribution in [1.29, 1.82) is 0 Å². The molecule has 0 amide bonds. The number of rotatable bonds is 8. The van der Waals surface area contributed by atoms with Gasteiger partial charge in [0, 0.05) is 30.4 Å². The monoisotopic (exact) mass is 381 g/mol. The summed E-state index contributed by atoms with van der Waals surface area (Å²) in [7, 11) is 0. The van der Waals surface area contributed by atoms with E-state index in [4.69, 9.17) is 9.63 Å². The van der Waals surface area contributed by atoms with Crippen molar-refractivity contribution >= 4 is 17.5 Å². The van der Waals surface area contributed by atoms with Gasteiger partial charge in [-0.3, -0.25) is 14.4 Å². The molecule has 2 aliphatic rings. The van der Waals surface area contributed by atoms with Crippen molar-refractivity contribution in [1.82, 2.24) is 5.16 Å². The molecule has 0 bridgehead atoms. The lowest BCUT2D eigenvalue weighted by atomic mass is 9.66. The first-order chi connectivity index (χ1) is 13.5. The van der Waals surface area contributed by atoms with E-state index < -0.39 is 5.97 Å². The summed E-state index contributed by atoms with van der Waals surface area (Å²) in [5.74, 6) is -0.155. The average molecular weight is 381 g/mol. The maximum atomic E-state index is 12.4. The average Bonchev–Trinajstić information content (AvgIpc) is 3.10. The van der Waals surface area contributed by atoms with Crippen LogP contribution in [0.4, 0.5) is 0 Å².